The Morgan fingerprint density at radius 2 is 2.11 bits per heavy atom. The third-order valence-corrected chi connectivity index (χ3v) is 3.84. The van der Waals surface area contributed by atoms with Crippen LogP contribution in [0.15, 0.2) is 18.2 Å². The SMILES string of the molecule is CCN(C(=O)c1ccc(F)cc1Cl)C1CCCC1. The monoisotopic (exact) mass is 269 g/mol. The predicted octanol–water partition coefficient (Wildman–Crippen LogP) is 3.88. The highest BCUT2D eigenvalue weighted by atomic mass is 35.5. The van der Waals surface area contributed by atoms with Crippen LogP contribution in [0.1, 0.15) is 43.0 Å². The van der Waals surface area contributed by atoms with E-state index in [1.54, 1.807) is 0 Å². The standard InChI is InChI=1S/C14H17ClFNO/c1-2-17(11-5-3-4-6-11)14(18)12-8-7-10(16)9-13(12)15/h7-9,11H,2-6H2,1H3. The first kappa shape index (κ1) is 13.3. The summed E-state index contributed by atoms with van der Waals surface area (Å²) >= 11 is 5.94. The van der Waals surface area contributed by atoms with Gasteiger partial charge in [0.15, 0.2) is 0 Å². The van der Waals surface area contributed by atoms with Crippen LogP contribution >= 0.6 is 11.6 Å². The van der Waals surface area contributed by atoms with Gasteiger partial charge >= 0.3 is 0 Å². The van der Waals surface area contributed by atoms with E-state index >= 15 is 0 Å². The molecule has 1 aromatic carbocycles. The van der Waals surface area contributed by atoms with Crippen LogP contribution in [0.5, 0.6) is 0 Å². The molecule has 1 aliphatic rings. The van der Waals surface area contributed by atoms with Crippen molar-refractivity contribution < 1.29 is 9.18 Å². The number of rotatable bonds is 3. The Labute approximate surface area is 112 Å². The van der Waals surface area contributed by atoms with Gasteiger partial charge in [0.1, 0.15) is 5.82 Å². The summed E-state index contributed by atoms with van der Waals surface area (Å²) in [6, 6.07) is 4.25. The quantitative estimate of drug-likeness (QED) is 0.815. The Morgan fingerprint density at radius 1 is 1.44 bits per heavy atom. The van der Waals surface area contributed by atoms with Crippen LogP contribution in [0.4, 0.5) is 4.39 Å². The number of hydrogen-bond acceptors (Lipinski definition) is 1. The van der Waals surface area contributed by atoms with Crippen LogP contribution in [0.3, 0.4) is 0 Å². The molecule has 0 heterocycles. The molecule has 98 valence electrons. The maximum atomic E-state index is 13.0. The molecule has 4 heteroatoms. The van der Waals surface area contributed by atoms with Gasteiger partial charge in [-0.1, -0.05) is 24.4 Å². The van der Waals surface area contributed by atoms with Crippen molar-refractivity contribution in [1.29, 1.82) is 0 Å². The van der Waals surface area contributed by atoms with Gasteiger partial charge < -0.3 is 4.90 Å². The fraction of sp³-hybridized carbons (Fsp3) is 0.500. The molecule has 0 aromatic heterocycles. The summed E-state index contributed by atoms with van der Waals surface area (Å²) < 4.78 is 13.0. The zero-order valence-corrected chi connectivity index (χ0v) is 11.2. The van der Waals surface area contributed by atoms with Crippen LogP contribution in [0.2, 0.25) is 5.02 Å². The minimum absolute atomic E-state index is 0.0885. The molecule has 0 radical (unpaired) electrons. The number of carbonyl (C=O) groups excluding carboxylic acids is 1. The van der Waals surface area contributed by atoms with E-state index in [0.717, 1.165) is 12.8 Å². The summed E-state index contributed by atoms with van der Waals surface area (Å²) in [5.74, 6) is -0.505. The summed E-state index contributed by atoms with van der Waals surface area (Å²) in [6.07, 6.45) is 4.45. The molecule has 1 amide bonds. The summed E-state index contributed by atoms with van der Waals surface area (Å²) in [5, 5.41) is 0.191. The zero-order valence-electron chi connectivity index (χ0n) is 10.5. The first-order valence-corrected chi connectivity index (χ1v) is 6.77. The third kappa shape index (κ3) is 2.66. The number of hydrogen-bond donors (Lipinski definition) is 0. The Hall–Kier alpha value is -1.09. The molecule has 0 bridgehead atoms. The molecule has 2 rings (SSSR count). The Bertz CT molecular complexity index is 443. The van der Waals surface area contributed by atoms with E-state index in [0.29, 0.717) is 18.2 Å². The molecule has 2 nitrogen and oxygen atoms in total. The van der Waals surface area contributed by atoms with Gasteiger partial charge in [0.05, 0.1) is 10.6 Å². The number of carbonyl (C=O) groups is 1. The molecule has 0 spiro atoms. The normalized spacial score (nSPS) is 15.9. The number of nitrogens with zero attached hydrogens (tertiary/aromatic N) is 1. The number of halogens is 2. The topological polar surface area (TPSA) is 20.3 Å². The molecule has 0 unspecified atom stereocenters. The predicted molar refractivity (Wildman–Crippen MR) is 70.4 cm³/mol. The second-order valence-corrected chi connectivity index (χ2v) is 5.06. The zero-order chi connectivity index (χ0) is 13.1. The molecule has 1 saturated carbocycles. The first-order chi connectivity index (χ1) is 8.63. The van der Waals surface area contributed by atoms with Crippen molar-refractivity contribution in [3.63, 3.8) is 0 Å². The van der Waals surface area contributed by atoms with Crippen LogP contribution < -0.4 is 0 Å². The summed E-state index contributed by atoms with van der Waals surface area (Å²) in [5.41, 5.74) is 0.395. The molecular weight excluding hydrogens is 253 g/mol. The van der Waals surface area contributed by atoms with Crippen molar-refractivity contribution in [2.45, 2.75) is 38.6 Å². The van der Waals surface area contributed by atoms with E-state index in [1.165, 1.54) is 31.0 Å². The minimum Gasteiger partial charge on any atom is -0.336 e. The maximum Gasteiger partial charge on any atom is 0.255 e. The highest BCUT2D eigenvalue weighted by Crippen LogP contribution is 2.26. The molecule has 1 aromatic rings. The van der Waals surface area contributed by atoms with Gasteiger partial charge in [-0.05, 0) is 38.0 Å². The average Bonchev–Trinajstić information content (AvgIpc) is 2.83. The van der Waals surface area contributed by atoms with Gasteiger partial charge in [-0.15, -0.1) is 0 Å². The highest BCUT2D eigenvalue weighted by Gasteiger charge is 2.27. The molecular formula is C14H17ClFNO. The lowest BCUT2D eigenvalue weighted by molar-refractivity contribution is 0.0693. The van der Waals surface area contributed by atoms with Gasteiger partial charge in [-0.2, -0.15) is 0 Å². The van der Waals surface area contributed by atoms with Gasteiger partial charge in [0.25, 0.3) is 5.91 Å². The molecule has 0 N–H and O–H groups in total. The summed E-state index contributed by atoms with van der Waals surface area (Å²) in [6.45, 7) is 2.63. The lowest BCUT2D eigenvalue weighted by Crippen LogP contribution is -2.38. The molecule has 1 fully saturated rings. The van der Waals surface area contributed by atoms with Crippen molar-refractivity contribution in [3.05, 3.63) is 34.6 Å². The Balaban J connectivity index is 2.22. The van der Waals surface area contributed by atoms with Gasteiger partial charge in [0.2, 0.25) is 0 Å². The lowest BCUT2D eigenvalue weighted by atomic mass is 10.1. The fourth-order valence-electron chi connectivity index (χ4n) is 2.60. The number of benzene rings is 1. The van der Waals surface area contributed by atoms with Crippen LogP contribution in [0, 0.1) is 5.82 Å². The van der Waals surface area contributed by atoms with E-state index in [4.69, 9.17) is 11.6 Å². The largest absolute Gasteiger partial charge is 0.336 e. The molecule has 0 aliphatic heterocycles. The molecule has 0 saturated heterocycles. The highest BCUT2D eigenvalue weighted by molar-refractivity contribution is 6.33. The van der Waals surface area contributed by atoms with Gasteiger partial charge in [-0.25, -0.2) is 4.39 Å². The van der Waals surface area contributed by atoms with Crippen molar-refractivity contribution >= 4 is 17.5 Å². The van der Waals surface area contributed by atoms with Crippen LogP contribution in [-0.4, -0.2) is 23.4 Å². The van der Waals surface area contributed by atoms with Crippen molar-refractivity contribution in [3.8, 4) is 0 Å². The Kier molecular flexibility index (Phi) is 4.23. The minimum atomic E-state index is -0.416. The van der Waals surface area contributed by atoms with Crippen molar-refractivity contribution in [1.82, 2.24) is 4.90 Å². The van der Waals surface area contributed by atoms with Crippen molar-refractivity contribution in [2.75, 3.05) is 6.54 Å². The van der Waals surface area contributed by atoms with Crippen LogP contribution in [-0.2, 0) is 0 Å². The molecule has 1 aliphatic carbocycles. The molecule has 18 heavy (non-hydrogen) atoms. The van der Waals surface area contributed by atoms with Gasteiger partial charge in [-0.3, -0.25) is 4.79 Å². The fourth-order valence-corrected chi connectivity index (χ4v) is 2.85. The van der Waals surface area contributed by atoms with E-state index < -0.39 is 5.82 Å². The Morgan fingerprint density at radius 3 is 2.67 bits per heavy atom. The first-order valence-electron chi connectivity index (χ1n) is 6.39. The van der Waals surface area contributed by atoms with Crippen molar-refractivity contribution in [2.24, 2.45) is 0 Å². The third-order valence-electron chi connectivity index (χ3n) is 3.53. The summed E-state index contributed by atoms with van der Waals surface area (Å²) in [4.78, 5) is 14.3. The second kappa shape index (κ2) is 5.70. The average molecular weight is 270 g/mol. The van der Waals surface area contributed by atoms with E-state index in [1.807, 2.05) is 11.8 Å². The second-order valence-electron chi connectivity index (χ2n) is 4.65. The van der Waals surface area contributed by atoms with E-state index in [-0.39, 0.29) is 10.9 Å². The van der Waals surface area contributed by atoms with E-state index in [9.17, 15) is 9.18 Å². The summed E-state index contributed by atoms with van der Waals surface area (Å²) in [7, 11) is 0. The lowest BCUT2D eigenvalue weighted by Gasteiger charge is -2.28. The molecule has 0 atom stereocenters. The van der Waals surface area contributed by atoms with Gasteiger partial charge in [0, 0.05) is 12.6 Å². The van der Waals surface area contributed by atoms with Crippen LogP contribution in [0.25, 0.3) is 0 Å². The maximum absolute atomic E-state index is 13.0. The van der Waals surface area contributed by atoms with E-state index in [2.05, 4.69) is 0 Å². The smallest absolute Gasteiger partial charge is 0.255 e. The number of amides is 1.